The Morgan fingerprint density at radius 3 is 2.10 bits per heavy atom. The molecule has 0 amide bonds. The number of unbranched alkanes of at least 4 members (excludes halogenated alkanes) is 3. The van der Waals surface area contributed by atoms with Gasteiger partial charge in [0.25, 0.3) is 0 Å². The first-order valence-corrected chi connectivity index (χ1v) is 11.4. The van der Waals surface area contributed by atoms with Crippen molar-refractivity contribution >= 4 is 5.97 Å². The molecule has 4 fully saturated rings. The van der Waals surface area contributed by atoms with E-state index in [1.807, 2.05) is 0 Å². The van der Waals surface area contributed by atoms with Crippen molar-refractivity contribution in [2.45, 2.75) is 101 Å². The number of hydrogen-bond donors (Lipinski definition) is 0. The molecule has 5 unspecified atom stereocenters. The van der Waals surface area contributed by atoms with Gasteiger partial charge in [-0.05, 0) is 26.2 Å². The summed E-state index contributed by atoms with van der Waals surface area (Å²) in [7, 11) is 0. The molecule has 4 heterocycles. The normalized spacial score (nSPS) is 39.3. The van der Waals surface area contributed by atoms with Gasteiger partial charge < -0.3 is 23.7 Å². The molecule has 0 aromatic heterocycles. The molecule has 6 heteroatoms. The third kappa shape index (κ3) is 3.18. The van der Waals surface area contributed by atoms with Crippen molar-refractivity contribution < 1.29 is 28.5 Å². The minimum atomic E-state index is -0.665. The number of rotatable bonds is 11. The lowest BCUT2D eigenvalue weighted by Gasteiger charge is -2.71. The summed E-state index contributed by atoms with van der Waals surface area (Å²) in [5.41, 5.74) is -1.34. The zero-order chi connectivity index (χ0) is 20.5. The van der Waals surface area contributed by atoms with Crippen molar-refractivity contribution in [2.24, 2.45) is 0 Å². The van der Waals surface area contributed by atoms with Gasteiger partial charge in [0.2, 0.25) is 0 Å². The highest BCUT2D eigenvalue weighted by molar-refractivity contribution is 5.87. The molecule has 4 aliphatic rings. The number of carbonyl (C=O) groups excluding carboxylic acids is 1. The maximum Gasteiger partial charge on any atom is 0.333 e. The predicted octanol–water partition coefficient (Wildman–Crippen LogP) is 3.71. The lowest BCUT2D eigenvalue weighted by molar-refractivity contribution is -0.434. The van der Waals surface area contributed by atoms with Crippen LogP contribution in [0.5, 0.6) is 0 Å². The molecular weight excluding hydrogens is 372 g/mol. The van der Waals surface area contributed by atoms with E-state index in [2.05, 4.69) is 13.5 Å². The van der Waals surface area contributed by atoms with Crippen molar-refractivity contribution in [1.29, 1.82) is 0 Å². The number of hydrogen-bond acceptors (Lipinski definition) is 6. The van der Waals surface area contributed by atoms with Gasteiger partial charge in [-0.2, -0.15) is 0 Å². The third-order valence-corrected chi connectivity index (χ3v) is 7.49. The summed E-state index contributed by atoms with van der Waals surface area (Å²) < 4.78 is 31.0. The Morgan fingerprint density at radius 1 is 1.07 bits per heavy atom. The number of ether oxygens (including phenoxy) is 5. The van der Waals surface area contributed by atoms with Gasteiger partial charge in [0, 0.05) is 31.4 Å². The molecule has 0 saturated carbocycles. The monoisotopic (exact) mass is 408 g/mol. The number of esters is 1. The van der Waals surface area contributed by atoms with Crippen LogP contribution in [0.15, 0.2) is 12.2 Å². The van der Waals surface area contributed by atoms with Gasteiger partial charge >= 0.3 is 5.97 Å². The third-order valence-electron chi connectivity index (χ3n) is 7.49. The standard InChI is InChI=1S/C23H36O6/c1-4-5-6-7-8-19(29-20(24)17(2)3)22(11-15-27-22)23(12-16-28-23)21(10-14-26-21)18-9-13-25-18/h18-19H,2,4-16H2,1,3H3. The largest absolute Gasteiger partial charge is 0.456 e. The first-order chi connectivity index (χ1) is 14.0. The topological polar surface area (TPSA) is 63.2 Å². The fourth-order valence-electron chi connectivity index (χ4n) is 5.62. The van der Waals surface area contributed by atoms with Crippen molar-refractivity contribution in [1.82, 2.24) is 0 Å². The van der Waals surface area contributed by atoms with Crippen LogP contribution in [0.1, 0.15) is 71.6 Å². The lowest BCUT2D eigenvalue weighted by Crippen LogP contribution is -2.86. The number of carbonyl (C=O) groups is 1. The van der Waals surface area contributed by atoms with E-state index in [-0.39, 0.29) is 18.2 Å². The Hall–Kier alpha value is -0.950. The molecule has 0 spiro atoms. The van der Waals surface area contributed by atoms with Gasteiger partial charge in [0.05, 0.1) is 25.9 Å². The quantitative estimate of drug-likeness (QED) is 0.295. The van der Waals surface area contributed by atoms with Gasteiger partial charge in [0.15, 0.2) is 0 Å². The molecule has 4 aliphatic heterocycles. The van der Waals surface area contributed by atoms with Gasteiger partial charge in [-0.3, -0.25) is 0 Å². The molecular formula is C23H36O6. The van der Waals surface area contributed by atoms with Crippen LogP contribution in [0.2, 0.25) is 0 Å². The molecule has 29 heavy (non-hydrogen) atoms. The molecule has 0 aromatic rings. The van der Waals surface area contributed by atoms with Crippen LogP contribution in [0.25, 0.3) is 0 Å². The Bertz CT molecular complexity index is 613. The highest BCUT2D eigenvalue weighted by Crippen LogP contribution is 2.61. The van der Waals surface area contributed by atoms with Gasteiger partial charge in [0.1, 0.15) is 22.9 Å². The Kier molecular flexibility index (Phi) is 6.09. The molecule has 0 aliphatic carbocycles. The van der Waals surface area contributed by atoms with E-state index in [9.17, 15) is 4.79 Å². The van der Waals surface area contributed by atoms with E-state index in [1.165, 1.54) is 12.8 Å². The maximum atomic E-state index is 12.5. The second-order valence-electron chi connectivity index (χ2n) is 9.07. The minimum absolute atomic E-state index is 0.0372. The van der Waals surface area contributed by atoms with Crippen LogP contribution in [0.4, 0.5) is 0 Å². The first-order valence-electron chi connectivity index (χ1n) is 11.4. The molecule has 5 atom stereocenters. The first kappa shape index (κ1) is 21.3. The molecule has 164 valence electrons. The summed E-state index contributed by atoms with van der Waals surface area (Å²) in [5.74, 6) is -0.349. The lowest BCUT2D eigenvalue weighted by atomic mass is 9.56. The highest BCUT2D eigenvalue weighted by Gasteiger charge is 2.78. The Balaban J connectivity index is 1.62. The predicted molar refractivity (Wildman–Crippen MR) is 108 cm³/mol. The van der Waals surface area contributed by atoms with Crippen molar-refractivity contribution in [3.63, 3.8) is 0 Å². The highest BCUT2D eigenvalue weighted by atomic mass is 16.6. The minimum Gasteiger partial charge on any atom is -0.456 e. The molecule has 0 N–H and O–H groups in total. The summed E-state index contributed by atoms with van der Waals surface area (Å²) in [6, 6.07) is 0. The van der Waals surface area contributed by atoms with E-state index >= 15 is 0 Å². The van der Waals surface area contributed by atoms with E-state index in [4.69, 9.17) is 23.7 Å². The molecule has 4 rings (SSSR count). The van der Waals surface area contributed by atoms with Crippen LogP contribution >= 0.6 is 0 Å². The second-order valence-corrected chi connectivity index (χ2v) is 9.07. The fraction of sp³-hybridized carbons (Fsp3) is 0.870. The molecule has 4 saturated heterocycles. The summed E-state index contributed by atoms with van der Waals surface area (Å²) in [4.78, 5) is 12.5. The van der Waals surface area contributed by atoms with E-state index in [1.54, 1.807) is 6.92 Å². The van der Waals surface area contributed by atoms with E-state index < -0.39 is 16.8 Å². The van der Waals surface area contributed by atoms with Gasteiger partial charge in [-0.25, -0.2) is 4.79 Å². The van der Waals surface area contributed by atoms with Crippen LogP contribution in [0, 0.1) is 0 Å². The summed E-state index contributed by atoms with van der Waals surface area (Å²) >= 11 is 0. The van der Waals surface area contributed by atoms with Crippen LogP contribution < -0.4 is 0 Å². The molecule has 0 aromatic carbocycles. The maximum absolute atomic E-state index is 12.5. The van der Waals surface area contributed by atoms with E-state index in [0.717, 1.165) is 51.6 Å². The fourth-order valence-corrected chi connectivity index (χ4v) is 5.62. The Morgan fingerprint density at radius 2 is 1.72 bits per heavy atom. The molecule has 0 bridgehead atoms. The summed E-state index contributed by atoms with van der Waals surface area (Å²) in [6.07, 6.45) is 8.45. The summed E-state index contributed by atoms with van der Waals surface area (Å²) in [6.45, 7) is 10.5. The van der Waals surface area contributed by atoms with Crippen LogP contribution in [-0.4, -0.2) is 61.4 Å². The molecule has 6 nitrogen and oxygen atoms in total. The average molecular weight is 409 g/mol. The second kappa shape index (κ2) is 8.29. The zero-order valence-corrected chi connectivity index (χ0v) is 18.0. The average Bonchev–Trinajstić information content (AvgIpc) is 2.54. The Labute approximate surface area is 174 Å². The van der Waals surface area contributed by atoms with E-state index in [0.29, 0.717) is 25.4 Å². The smallest absolute Gasteiger partial charge is 0.333 e. The van der Waals surface area contributed by atoms with Crippen LogP contribution in [0.3, 0.4) is 0 Å². The van der Waals surface area contributed by atoms with Crippen molar-refractivity contribution in [2.75, 3.05) is 26.4 Å². The summed E-state index contributed by atoms with van der Waals surface area (Å²) in [5, 5.41) is 0. The van der Waals surface area contributed by atoms with Gasteiger partial charge in [-0.1, -0.05) is 32.8 Å². The van der Waals surface area contributed by atoms with Crippen molar-refractivity contribution in [3.8, 4) is 0 Å². The van der Waals surface area contributed by atoms with Crippen LogP contribution in [-0.2, 0) is 28.5 Å². The molecule has 0 radical (unpaired) electrons. The SMILES string of the molecule is C=C(C)C(=O)OC(CCCCCC)C1(C2(C3(C4CCO4)CCO3)CCO2)CCO1. The van der Waals surface area contributed by atoms with Gasteiger partial charge in [-0.15, -0.1) is 0 Å². The van der Waals surface area contributed by atoms with Crippen molar-refractivity contribution in [3.05, 3.63) is 12.2 Å². The zero-order valence-electron chi connectivity index (χ0n) is 18.0.